The fraction of sp³-hybridized carbons (Fsp3) is 0.350. The average molecular weight is 409 g/mol. The van der Waals surface area contributed by atoms with Gasteiger partial charge in [-0.25, -0.2) is 8.42 Å². The third-order valence-electron chi connectivity index (χ3n) is 4.67. The van der Waals surface area contributed by atoms with Crippen LogP contribution in [-0.2, 0) is 27.6 Å². The second-order valence-electron chi connectivity index (χ2n) is 6.76. The summed E-state index contributed by atoms with van der Waals surface area (Å²) in [6.07, 6.45) is 0.473. The highest BCUT2D eigenvalue weighted by Crippen LogP contribution is 2.22. The van der Waals surface area contributed by atoms with E-state index in [9.17, 15) is 22.0 Å². The van der Waals surface area contributed by atoms with Crippen LogP contribution in [0.3, 0.4) is 0 Å². The van der Waals surface area contributed by atoms with E-state index in [4.69, 9.17) is 0 Å². The van der Waals surface area contributed by atoms with Gasteiger partial charge in [-0.1, -0.05) is 42.5 Å². The molecule has 1 amide bonds. The van der Waals surface area contributed by atoms with Crippen LogP contribution >= 0.6 is 0 Å². The lowest BCUT2D eigenvalue weighted by atomic mass is 10.1. The van der Waals surface area contributed by atoms with E-state index in [1.165, 1.54) is 12.1 Å². The minimum Gasteiger partial charge on any atom is -0.435 e. The first-order chi connectivity index (χ1) is 13.3. The molecule has 28 heavy (non-hydrogen) atoms. The SMILES string of the molecule is O=C(Cc1ccc(OC(F)F)cc1)N(Cc1ccccc1)C1CCS(=O)(=O)C1. The molecule has 150 valence electrons. The van der Waals surface area contributed by atoms with Crippen LogP contribution in [0.5, 0.6) is 5.75 Å². The number of amides is 1. The smallest absolute Gasteiger partial charge is 0.387 e. The molecule has 1 unspecified atom stereocenters. The Labute approximate surface area is 162 Å². The average Bonchev–Trinajstić information content (AvgIpc) is 3.01. The second kappa shape index (κ2) is 8.68. The summed E-state index contributed by atoms with van der Waals surface area (Å²) in [6, 6.07) is 14.9. The van der Waals surface area contributed by atoms with E-state index in [0.29, 0.717) is 18.5 Å². The molecule has 1 atom stereocenters. The van der Waals surface area contributed by atoms with Crippen molar-refractivity contribution in [2.24, 2.45) is 0 Å². The van der Waals surface area contributed by atoms with Gasteiger partial charge in [-0.15, -0.1) is 0 Å². The lowest BCUT2D eigenvalue weighted by Gasteiger charge is -2.28. The number of nitrogens with zero attached hydrogens (tertiary/aromatic N) is 1. The van der Waals surface area contributed by atoms with Gasteiger partial charge in [0, 0.05) is 12.6 Å². The first-order valence-electron chi connectivity index (χ1n) is 8.90. The van der Waals surface area contributed by atoms with Crippen molar-refractivity contribution in [3.05, 3.63) is 65.7 Å². The van der Waals surface area contributed by atoms with E-state index in [0.717, 1.165) is 5.56 Å². The van der Waals surface area contributed by atoms with Crippen molar-refractivity contribution in [2.45, 2.75) is 32.0 Å². The van der Waals surface area contributed by atoms with Crippen LogP contribution in [0.4, 0.5) is 8.78 Å². The third-order valence-corrected chi connectivity index (χ3v) is 6.42. The van der Waals surface area contributed by atoms with Gasteiger partial charge in [0.15, 0.2) is 9.84 Å². The maximum Gasteiger partial charge on any atom is 0.387 e. The van der Waals surface area contributed by atoms with Gasteiger partial charge >= 0.3 is 6.61 Å². The molecule has 1 aliphatic heterocycles. The van der Waals surface area contributed by atoms with Crippen molar-refractivity contribution in [3.8, 4) is 5.75 Å². The third kappa shape index (κ3) is 5.51. The van der Waals surface area contributed by atoms with Gasteiger partial charge in [0.1, 0.15) is 5.75 Å². The van der Waals surface area contributed by atoms with Crippen LogP contribution in [0.2, 0.25) is 0 Å². The van der Waals surface area contributed by atoms with E-state index in [1.807, 2.05) is 30.3 Å². The first kappa shape index (κ1) is 20.3. The largest absolute Gasteiger partial charge is 0.435 e. The van der Waals surface area contributed by atoms with Crippen molar-refractivity contribution >= 4 is 15.7 Å². The molecule has 0 aliphatic carbocycles. The molecular weight excluding hydrogens is 388 g/mol. The topological polar surface area (TPSA) is 63.7 Å². The number of carbonyl (C=O) groups is 1. The van der Waals surface area contributed by atoms with E-state index in [2.05, 4.69) is 4.74 Å². The van der Waals surface area contributed by atoms with E-state index in [1.54, 1.807) is 17.0 Å². The summed E-state index contributed by atoms with van der Waals surface area (Å²) in [4.78, 5) is 14.6. The van der Waals surface area contributed by atoms with Gasteiger partial charge in [0.2, 0.25) is 5.91 Å². The summed E-state index contributed by atoms with van der Waals surface area (Å²) < 4.78 is 52.6. The lowest BCUT2D eigenvalue weighted by molar-refractivity contribution is -0.133. The number of ether oxygens (including phenoxy) is 1. The molecular formula is C20H21F2NO4S. The lowest BCUT2D eigenvalue weighted by Crippen LogP contribution is -2.41. The molecule has 2 aromatic carbocycles. The Balaban J connectivity index is 1.74. The molecule has 0 aromatic heterocycles. The molecule has 1 saturated heterocycles. The Morgan fingerprint density at radius 2 is 1.75 bits per heavy atom. The summed E-state index contributed by atoms with van der Waals surface area (Å²) in [7, 11) is -3.14. The van der Waals surface area contributed by atoms with Gasteiger partial charge in [-0.05, 0) is 29.7 Å². The van der Waals surface area contributed by atoms with Crippen molar-refractivity contribution in [1.82, 2.24) is 4.90 Å². The van der Waals surface area contributed by atoms with Crippen LogP contribution in [-0.4, -0.2) is 43.4 Å². The monoisotopic (exact) mass is 409 g/mol. The molecule has 8 heteroatoms. The Kier molecular flexibility index (Phi) is 6.28. The summed E-state index contributed by atoms with van der Waals surface area (Å²) in [5.74, 6) is -0.134. The number of hydrogen-bond donors (Lipinski definition) is 0. The molecule has 2 aromatic rings. The molecule has 0 saturated carbocycles. The number of alkyl halides is 2. The Morgan fingerprint density at radius 1 is 1.07 bits per heavy atom. The number of rotatable bonds is 7. The summed E-state index contributed by atoms with van der Waals surface area (Å²) >= 11 is 0. The molecule has 0 spiro atoms. The van der Waals surface area contributed by atoms with E-state index in [-0.39, 0.29) is 35.6 Å². The summed E-state index contributed by atoms with van der Waals surface area (Å²) in [6.45, 7) is -2.58. The van der Waals surface area contributed by atoms with Gasteiger partial charge in [0.25, 0.3) is 0 Å². The fourth-order valence-corrected chi connectivity index (χ4v) is 5.02. The molecule has 5 nitrogen and oxygen atoms in total. The Morgan fingerprint density at radius 3 is 2.32 bits per heavy atom. The number of benzene rings is 2. The van der Waals surface area contributed by atoms with Gasteiger partial charge in [-0.3, -0.25) is 4.79 Å². The maximum absolute atomic E-state index is 13.0. The number of sulfone groups is 1. The zero-order valence-corrected chi connectivity index (χ0v) is 15.9. The molecule has 1 heterocycles. The zero-order valence-electron chi connectivity index (χ0n) is 15.1. The predicted octanol–water partition coefficient (Wildman–Crippen LogP) is 3.05. The van der Waals surface area contributed by atoms with Crippen LogP contribution in [0.1, 0.15) is 17.5 Å². The van der Waals surface area contributed by atoms with E-state index < -0.39 is 16.4 Å². The normalized spacial score (nSPS) is 18.2. The van der Waals surface area contributed by atoms with Crippen LogP contribution in [0, 0.1) is 0 Å². The van der Waals surface area contributed by atoms with Crippen LogP contribution < -0.4 is 4.74 Å². The Bertz CT molecular complexity index is 902. The number of halogens is 2. The maximum atomic E-state index is 13.0. The van der Waals surface area contributed by atoms with Gasteiger partial charge < -0.3 is 9.64 Å². The Hall–Kier alpha value is -2.48. The standard InChI is InChI=1S/C20H21F2NO4S/c21-20(22)27-18-8-6-15(7-9-18)12-19(24)23(13-16-4-2-1-3-5-16)17-10-11-28(25,26)14-17/h1-9,17,20H,10-14H2. The molecule has 0 radical (unpaired) electrons. The second-order valence-corrected chi connectivity index (χ2v) is 8.99. The highest BCUT2D eigenvalue weighted by atomic mass is 32.2. The highest BCUT2D eigenvalue weighted by Gasteiger charge is 2.34. The van der Waals surface area contributed by atoms with Crippen molar-refractivity contribution in [3.63, 3.8) is 0 Å². The fourth-order valence-electron chi connectivity index (χ4n) is 3.29. The molecule has 1 aliphatic rings. The van der Waals surface area contributed by atoms with Gasteiger partial charge in [0.05, 0.1) is 17.9 Å². The highest BCUT2D eigenvalue weighted by molar-refractivity contribution is 7.91. The van der Waals surface area contributed by atoms with E-state index >= 15 is 0 Å². The van der Waals surface area contributed by atoms with Crippen molar-refractivity contribution in [1.29, 1.82) is 0 Å². The van der Waals surface area contributed by atoms with Crippen LogP contribution in [0.25, 0.3) is 0 Å². The van der Waals surface area contributed by atoms with Gasteiger partial charge in [-0.2, -0.15) is 8.78 Å². The first-order valence-corrected chi connectivity index (χ1v) is 10.7. The van der Waals surface area contributed by atoms with Crippen LogP contribution in [0.15, 0.2) is 54.6 Å². The van der Waals surface area contributed by atoms with Crippen molar-refractivity contribution < 1.29 is 26.7 Å². The molecule has 0 N–H and O–H groups in total. The minimum absolute atomic E-state index is 0.0224. The predicted molar refractivity (Wildman–Crippen MR) is 101 cm³/mol. The summed E-state index contributed by atoms with van der Waals surface area (Å²) in [5, 5.41) is 0. The summed E-state index contributed by atoms with van der Waals surface area (Å²) in [5.41, 5.74) is 1.56. The molecule has 3 rings (SSSR count). The zero-order chi connectivity index (χ0) is 20.1. The number of carbonyl (C=O) groups excluding carboxylic acids is 1. The number of hydrogen-bond acceptors (Lipinski definition) is 4. The quantitative estimate of drug-likeness (QED) is 0.705. The van der Waals surface area contributed by atoms with Crippen molar-refractivity contribution in [2.75, 3.05) is 11.5 Å². The molecule has 1 fully saturated rings. The minimum atomic E-state index is -3.14. The molecule has 0 bridgehead atoms.